The molecule has 2 aromatic rings. The Bertz CT molecular complexity index is 532. The van der Waals surface area contributed by atoms with Crippen molar-refractivity contribution < 1.29 is 8.84 Å². The zero-order chi connectivity index (χ0) is 13.0. The number of nitrogens with zero attached hydrogens (tertiary/aromatic N) is 1. The summed E-state index contributed by atoms with van der Waals surface area (Å²) >= 11 is 0. The Morgan fingerprint density at radius 3 is 2.67 bits per heavy atom. The largest absolute Gasteiger partial charge is 0.541 e. The lowest BCUT2D eigenvalue weighted by atomic mass is 10.2. The van der Waals surface area contributed by atoms with Crippen molar-refractivity contribution in [2.45, 2.75) is 20.0 Å². The highest BCUT2D eigenvalue weighted by molar-refractivity contribution is 6.49. The summed E-state index contributed by atoms with van der Waals surface area (Å²) in [5, 5.41) is 0. The first-order valence-corrected chi connectivity index (χ1v) is 8.22. The number of aliphatic imine (C=N–C) groups is 1. The minimum Gasteiger partial charge on any atom is -0.541 e. The van der Waals surface area contributed by atoms with Gasteiger partial charge < -0.3 is 8.84 Å². The van der Waals surface area contributed by atoms with Gasteiger partial charge in [-0.25, -0.2) is 4.99 Å². The fraction of sp³-hybridized carbons (Fsp3) is 0.214. The molecule has 1 aromatic carbocycles. The Balaban J connectivity index is 2.31. The average Bonchev–Trinajstić information content (AvgIpc) is 2.84. The lowest BCUT2D eigenvalue weighted by Crippen LogP contribution is -2.11. The highest BCUT2D eigenvalue weighted by atomic mass is 28.3. The molecule has 0 atom stereocenters. The van der Waals surface area contributed by atoms with Crippen LogP contribution >= 0.6 is 0 Å². The molecule has 18 heavy (non-hydrogen) atoms. The summed E-state index contributed by atoms with van der Waals surface area (Å²) in [5.74, 6) is 0.847. The molecule has 0 fully saturated rings. The van der Waals surface area contributed by atoms with Gasteiger partial charge in [-0.2, -0.15) is 0 Å². The third-order valence-corrected chi connectivity index (χ3v) is 3.03. The molecule has 0 aliphatic heterocycles. The molecule has 0 saturated carbocycles. The van der Waals surface area contributed by atoms with Gasteiger partial charge in [0.05, 0.1) is 12.5 Å². The van der Waals surface area contributed by atoms with E-state index in [-0.39, 0.29) is 0 Å². The normalized spacial score (nSPS) is 11.9. The highest BCUT2D eigenvalue weighted by Gasteiger charge is 2.06. The van der Waals surface area contributed by atoms with Crippen LogP contribution in [0.3, 0.4) is 0 Å². The topological polar surface area (TPSA) is 34.7 Å². The number of furan rings is 1. The van der Waals surface area contributed by atoms with E-state index < -0.39 is 9.04 Å². The molecule has 4 heteroatoms. The van der Waals surface area contributed by atoms with Crippen LogP contribution in [-0.4, -0.2) is 14.8 Å². The lowest BCUT2D eigenvalue weighted by molar-refractivity contribution is 0.567. The first kappa shape index (κ1) is 12.6. The average molecular weight is 258 g/mol. The quantitative estimate of drug-likeness (QED) is 0.612. The van der Waals surface area contributed by atoms with Gasteiger partial charge in [-0.1, -0.05) is 12.1 Å². The van der Waals surface area contributed by atoms with Gasteiger partial charge >= 0.3 is 0 Å². The van der Waals surface area contributed by atoms with E-state index in [2.05, 4.69) is 18.1 Å². The molecule has 0 aliphatic carbocycles. The van der Waals surface area contributed by atoms with Crippen LogP contribution in [0.15, 0.2) is 52.3 Å². The number of hydrogen-bond donors (Lipinski definition) is 0. The molecular formula is C14H16NO2Si. The number of benzene rings is 1. The van der Waals surface area contributed by atoms with Crippen molar-refractivity contribution in [3.63, 3.8) is 0 Å². The Kier molecular flexibility index (Phi) is 3.99. The standard InChI is InChI=1S/C14H16NO2Si/c1-11(12-8-9-16-10-12)15-13-6-4-5-7-14(13)17-18(2)3/h4-10H,1-3H3. The fourth-order valence-corrected chi connectivity index (χ4v) is 2.18. The second-order valence-corrected chi connectivity index (χ2v) is 6.21. The molecule has 2 rings (SSSR count). The molecule has 0 bridgehead atoms. The van der Waals surface area contributed by atoms with Crippen LogP contribution in [0.25, 0.3) is 0 Å². The second kappa shape index (κ2) is 5.69. The van der Waals surface area contributed by atoms with Gasteiger partial charge in [0, 0.05) is 11.3 Å². The summed E-state index contributed by atoms with van der Waals surface area (Å²) < 4.78 is 10.9. The molecule has 1 radical (unpaired) electrons. The van der Waals surface area contributed by atoms with E-state index in [0.717, 1.165) is 22.7 Å². The smallest absolute Gasteiger partial charge is 0.274 e. The van der Waals surface area contributed by atoms with Gasteiger partial charge in [-0.3, -0.25) is 0 Å². The van der Waals surface area contributed by atoms with Crippen LogP contribution in [0, 0.1) is 0 Å². The van der Waals surface area contributed by atoms with Crippen molar-refractivity contribution >= 4 is 20.4 Å². The van der Waals surface area contributed by atoms with Crippen molar-refractivity contribution in [1.29, 1.82) is 0 Å². The molecular weight excluding hydrogens is 242 g/mol. The fourth-order valence-electron chi connectivity index (χ4n) is 1.57. The lowest BCUT2D eigenvalue weighted by Gasteiger charge is -2.11. The summed E-state index contributed by atoms with van der Waals surface area (Å²) in [6.45, 7) is 6.17. The molecule has 93 valence electrons. The molecule has 1 heterocycles. The maximum atomic E-state index is 5.83. The van der Waals surface area contributed by atoms with Crippen molar-refractivity contribution in [2.24, 2.45) is 4.99 Å². The molecule has 0 saturated heterocycles. The van der Waals surface area contributed by atoms with Gasteiger partial charge in [0.25, 0.3) is 9.04 Å². The van der Waals surface area contributed by atoms with Crippen molar-refractivity contribution in [2.75, 3.05) is 0 Å². The van der Waals surface area contributed by atoms with Crippen LogP contribution in [0.2, 0.25) is 13.1 Å². The Hall–Kier alpha value is -1.81. The summed E-state index contributed by atoms with van der Waals surface area (Å²) in [5.41, 5.74) is 2.77. The zero-order valence-electron chi connectivity index (χ0n) is 10.8. The molecule has 0 N–H and O–H groups in total. The van der Waals surface area contributed by atoms with E-state index in [9.17, 15) is 0 Å². The Morgan fingerprint density at radius 2 is 2.00 bits per heavy atom. The molecule has 0 spiro atoms. The van der Waals surface area contributed by atoms with Crippen LogP contribution in [-0.2, 0) is 0 Å². The van der Waals surface area contributed by atoms with Gasteiger partial charge in [0.2, 0.25) is 0 Å². The summed E-state index contributed by atoms with van der Waals surface area (Å²) in [4.78, 5) is 4.60. The Labute approximate surface area is 109 Å². The molecule has 0 unspecified atom stereocenters. The Morgan fingerprint density at radius 1 is 1.22 bits per heavy atom. The van der Waals surface area contributed by atoms with Crippen molar-refractivity contribution in [1.82, 2.24) is 0 Å². The van der Waals surface area contributed by atoms with E-state index in [1.165, 1.54) is 0 Å². The first-order chi connectivity index (χ1) is 8.66. The predicted molar refractivity (Wildman–Crippen MR) is 75.1 cm³/mol. The maximum absolute atomic E-state index is 5.83. The van der Waals surface area contributed by atoms with E-state index >= 15 is 0 Å². The van der Waals surface area contributed by atoms with Crippen LogP contribution in [0.5, 0.6) is 5.75 Å². The maximum Gasteiger partial charge on any atom is 0.274 e. The minimum absolute atomic E-state index is 0.785. The third kappa shape index (κ3) is 3.11. The summed E-state index contributed by atoms with van der Waals surface area (Å²) in [6.07, 6.45) is 3.34. The summed E-state index contributed by atoms with van der Waals surface area (Å²) in [6, 6.07) is 9.75. The molecule has 0 aliphatic rings. The van der Waals surface area contributed by atoms with Gasteiger partial charge in [-0.15, -0.1) is 0 Å². The van der Waals surface area contributed by atoms with E-state index in [1.807, 2.05) is 37.3 Å². The van der Waals surface area contributed by atoms with E-state index in [4.69, 9.17) is 8.84 Å². The molecule has 1 aromatic heterocycles. The first-order valence-electron chi connectivity index (χ1n) is 5.81. The number of hydrogen-bond acceptors (Lipinski definition) is 3. The molecule has 0 amide bonds. The third-order valence-electron chi connectivity index (χ3n) is 2.41. The van der Waals surface area contributed by atoms with E-state index in [1.54, 1.807) is 12.5 Å². The van der Waals surface area contributed by atoms with Crippen molar-refractivity contribution in [3.8, 4) is 5.75 Å². The van der Waals surface area contributed by atoms with Crippen LogP contribution < -0.4 is 4.43 Å². The summed E-state index contributed by atoms with van der Waals surface area (Å²) in [7, 11) is -0.785. The second-order valence-electron chi connectivity index (χ2n) is 4.19. The number of para-hydroxylation sites is 2. The van der Waals surface area contributed by atoms with E-state index in [0.29, 0.717) is 0 Å². The predicted octanol–water partition coefficient (Wildman–Crippen LogP) is 4.05. The van der Waals surface area contributed by atoms with Gasteiger partial charge in [0.15, 0.2) is 0 Å². The SMILES string of the molecule is CC(=Nc1ccccc1O[Si](C)C)c1ccoc1. The van der Waals surface area contributed by atoms with Crippen molar-refractivity contribution in [3.05, 3.63) is 48.4 Å². The minimum atomic E-state index is -0.785. The highest BCUT2D eigenvalue weighted by Crippen LogP contribution is 2.28. The van der Waals surface area contributed by atoms with Gasteiger partial charge in [0.1, 0.15) is 11.4 Å². The zero-order valence-corrected chi connectivity index (χ0v) is 11.8. The van der Waals surface area contributed by atoms with Crippen LogP contribution in [0.4, 0.5) is 5.69 Å². The number of rotatable bonds is 4. The van der Waals surface area contributed by atoms with Gasteiger partial charge in [-0.05, 0) is 38.2 Å². The monoisotopic (exact) mass is 258 g/mol. The van der Waals surface area contributed by atoms with Crippen LogP contribution in [0.1, 0.15) is 12.5 Å². The molecule has 3 nitrogen and oxygen atoms in total.